The third kappa shape index (κ3) is 1.65. The summed E-state index contributed by atoms with van der Waals surface area (Å²) in [6.45, 7) is 1.86. The molecule has 2 saturated heterocycles. The van der Waals surface area contributed by atoms with Crippen LogP contribution in [-0.2, 0) is 4.79 Å². The Morgan fingerprint density at radius 1 is 1.35 bits per heavy atom. The zero-order valence-corrected chi connectivity index (χ0v) is 12.1. The minimum absolute atomic E-state index is 0.0583. The average Bonchev–Trinajstić information content (AvgIpc) is 3.11. The molecule has 3 fully saturated rings. The van der Waals surface area contributed by atoms with Crippen LogP contribution >= 0.6 is 11.3 Å². The molecule has 1 aromatic heterocycles. The summed E-state index contributed by atoms with van der Waals surface area (Å²) in [4.78, 5) is 16.9. The van der Waals surface area contributed by atoms with Gasteiger partial charge in [-0.15, -0.1) is 11.3 Å². The van der Waals surface area contributed by atoms with Crippen molar-refractivity contribution in [2.24, 2.45) is 5.92 Å². The van der Waals surface area contributed by atoms with E-state index in [2.05, 4.69) is 11.0 Å². The molecule has 0 N–H and O–H groups in total. The first-order chi connectivity index (χ1) is 9.79. The Kier molecular flexibility index (Phi) is 2.83. The molecule has 4 rings (SSSR count). The molecule has 5 heteroatoms. The van der Waals surface area contributed by atoms with Gasteiger partial charge < -0.3 is 4.90 Å². The van der Waals surface area contributed by atoms with E-state index in [9.17, 15) is 4.79 Å². The van der Waals surface area contributed by atoms with Gasteiger partial charge in [-0.25, -0.2) is 0 Å². The molecule has 1 aliphatic carbocycles. The van der Waals surface area contributed by atoms with Crippen LogP contribution in [0.2, 0.25) is 0 Å². The van der Waals surface area contributed by atoms with Crippen LogP contribution in [-0.4, -0.2) is 36.0 Å². The molecule has 1 saturated carbocycles. The molecule has 0 bridgehead atoms. The van der Waals surface area contributed by atoms with E-state index in [1.807, 2.05) is 10.3 Å². The molecule has 104 valence electrons. The molecule has 0 unspecified atom stereocenters. The molecule has 3 aliphatic rings. The summed E-state index contributed by atoms with van der Waals surface area (Å²) in [5, 5.41) is 11.8. The second-order valence-electron chi connectivity index (χ2n) is 6.00. The molecule has 1 amide bonds. The molecule has 3 atom stereocenters. The number of hydrogen-bond acceptors (Lipinski definition) is 4. The quantitative estimate of drug-likeness (QED) is 0.838. The summed E-state index contributed by atoms with van der Waals surface area (Å²) in [5.74, 6) is 1.04. The van der Waals surface area contributed by atoms with E-state index in [1.165, 1.54) is 30.6 Å². The Hall–Kier alpha value is -1.38. The van der Waals surface area contributed by atoms with Gasteiger partial charge in [0.1, 0.15) is 11.1 Å². The summed E-state index contributed by atoms with van der Waals surface area (Å²) >= 11 is 1.50. The van der Waals surface area contributed by atoms with Gasteiger partial charge in [0.15, 0.2) is 0 Å². The number of nitriles is 1. The van der Waals surface area contributed by atoms with Crippen molar-refractivity contribution in [3.63, 3.8) is 0 Å². The fraction of sp³-hybridized carbons (Fsp3) is 0.600. The minimum atomic E-state index is 0.0583. The molecule has 0 spiro atoms. The van der Waals surface area contributed by atoms with Gasteiger partial charge in [0.2, 0.25) is 5.91 Å². The van der Waals surface area contributed by atoms with Gasteiger partial charge in [-0.1, -0.05) is 6.42 Å². The lowest BCUT2D eigenvalue weighted by Crippen LogP contribution is -2.59. The fourth-order valence-electron chi connectivity index (χ4n) is 4.06. The van der Waals surface area contributed by atoms with Crippen molar-refractivity contribution in [2.45, 2.75) is 37.8 Å². The van der Waals surface area contributed by atoms with Crippen LogP contribution in [0.4, 0.5) is 5.00 Å². The van der Waals surface area contributed by atoms with E-state index in [1.54, 1.807) is 6.07 Å². The number of carbonyl (C=O) groups excluding carboxylic acids is 1. The minimum Gasteiger partial charge on any atom is -0.301 e. The highest BCUT2D eigenvalue weighted by Crippen LogP contribution is 2.42. The van der Waals surface area contributed by atoms with Gasteiger partial charge in [-0.3, -0.25) is 9.69 Å². The lowest BCUT2D eigenvalue weighted by atomic mass is 9.89. The van der Waals surface area contributed by atoms with Gasteiger partial charge in [0.25, 0.3) is 0 Å². The van der Waals surface area contributed by atoms with E-state index in [-0.39, 0.29) is 11.9 Å². The number of amides is 1. The SMILES string of the molecule is N#Cc1ccsc1N1CC[C@H](N2C[C@H]3CCC[C@@H]32)C1=O. The number of anilines is 1. The molecule has 3 heterocycles. The lowest BCUT2D eigenvalue weighted by Gasteiger charge is -2.47. The average molecular weight is 287 g/mol. The first kappa shape index (κ1) is 12.4. The molecule has 1 aromatic rings. The number of thiophene rings is 1. The summed E-state index contributed by atoms with van der Waals surface area (Å²) in [7, 11) is 0. The fourth-order valence-corrected chi connectivity index (χ4v) is 4.95. The maximum absolute atomic E-state index is 12.7. The van der Waals surface area contributed by atoms with E-state index in [4.69, 9.17) is 5.26 Å². The summed E-state index contributed by atoms with van der Waals surface area (Å²) in [6.07, 6.45) is 4.83. The monoisotopic (exact) mass is 287 g/mol. The van der Waals surface area contributed by atoms with Crippen LogP contribution in [0.1, 0.15) is 31.2 Å². The number of likely N-dealkylation sites (tertiary alicyclic amines) is 1. The number of nitrogens with zero attached hydrogens (tertiary/aromatic N) is 3. The maximum atomic E-state index is 12.7. The Morgan fingerprint density at radius 2 is 2.25 bits per heavy atom. The number of rotatable bonds is 2. The summed E-state index contributed by atoms with van der Waals surface area (Å²) < 4.78 is 0. The third-order valence-electron chi connectivity index (χ3n) is 5.08. The van der Waals surface area contributed by atoms with Crippen molar-refractivity contribution in [1.29, 1.82) is 5.26 Å². The first-order valence-electron chi connectivity index (χ1n) is 7.34. The van der Waals surface area contributed by atoms with Crippen LogP contribution in [0.15, 0.2) is 11.4 Å². The predicted octanol–water partition coefficient (Wildman–Crippen LogP) is 2.21. The predicted molar refractivity (Wildman–Crippen MR) is 77.6 cm³/mol. The van der Waals surface area contributed by atoms with E-state index >= 15 is 0 Å². The van der Waals surface area contributed by atoms with Crippen molar-refractivity contribution in [3.8, 4) is 6.07 Å². The van der Waals surface area contributed by atoms with E-state index < -0.39 is 0 Å². The Labute approximate surface area is 122 Å². The normalized spacial score (nSPS) is 33.0. The zero-order chi connectivity index (χ0) is 13.7. The Morgan fingerprint density at radius 3 is 3.05 bits per heavy atom. The first-order valence-corrected chi connectivity index (χ1v) is 8.22. The molecule has 0 radical (unpaired) electrons. The smallest absolute Gasteiger partial charge is 0.245 e. The number of hydrogen-bond donors (Lipinski definition) is 0. The van der Waals surface area contributed by atoms with Gasteiger partial charge in [0.05, 0.1) is 11.6 Å². The number of fused-ring (bicyclic) bond motifs is 1. The van der Waals surface area contributed by atoms with Crippen LogP contribution in [0.3, 0.4) is 0 Å². The zero-order valence-electron chi connectivity index (χ0n) is 11.3. The largest absolute Gasteiger partial charge is 0.301 e. The standard InChI is InChI=1S/C15H17N3OS/c16-8-10-5-7-20-15(10)17-6-4-13(14(17)19)18-9-11-2-1-3-12(11)18/h5,7,11-13H,1-4,6,9H2/t11-,12+,13+/m1/s1. The van der Waals surface area contributed by atoms with E-state index in [0.29, 0.717) is 11.6 Å². The maximum Gasteiger partial charge on any atom is 0.245 e. The molecule has 2 aliphatic heterocycles. The van der Waals surface area contributed by atoms with E-state index in [0.717, 1.165) is 30.4 Å². The van der Waals surface area contributed by atoms with Crippen LogP contribution in [0.5, 0.6) is 0 Å². The molecular weight excluding hydrogens is 270 g/mol. The van der Waals surface area contributed by atoms with Gasteiger partial charge in [-0.2, -0.15) is 5.26 Å². The lowest BCUT2D eigenvalue weighted by molar-refractivity contribution is -0.126. The van der Waals surface area contributed by atoms with Crippen molar-refractivity contribution in [1.82, 2.24) is 4.90 Å². The summed E-state index contributed by atoms with van der Waals surface area (Å²) in [6, 6.07) is 4.70. The molecule has 0 aromatic carbocycles. The van der Waals surface area contributed by atoms with Crippen molar-refractivity contribution in [3.05, 3.63) is 17.0 Å². The third-order valence-corrected chi connectivity index (χ3v) is 6.01. The second-order valence-corrected chi connectivity index (χ2v) is 6.90. The van der Waals surface area contributed by atoms with Crippen LogP contribution in [0.25, 0.3) is 0 Å². The van der Waals surface area contributed by atoms with Crippen LogP contribution < -0.4 is 4.90 Å². The topological polar surface area (TPSA) is 47.3 Å². The van der Waals surface area contributed by atoms with Crippen molar-refractivity contribution >= 4 is 22.2 Å². The van der Waals surface area contributed by atoms with Crippen molar-refractivity contribution in [2.75, 3.05) is 18.0 Å². The highest BCUT2D eigenvalue weighted by atomic mass is 32.1. The Bertz CT molecular complexity index is 590. The van der Waals surface area contributed by atoms with Crippen LogP contribution in [0, 0.1) is 17.2 Å². The van der Waals surface area contributed by atoms with Gasteiger partial charge in [0, 0.05) is 19.1 Å². The highest BCUT2D eigenvalue weighted by Gasteiger charge is 2.49. The summed E-state index contributed by atoms with van der Waals surface area (Å²) in [5.41, 5.74) is 0.631. The van der Waals surface area contributed by atoms with Gasteiger partial charge in [-0.05, 0) is 36.6 Å². The van der Waals surface area contributed by atoms with Crippen molar-refractivity contribution < 1.29 is 4.79 Å². The highest BCUT2D eigenvalue weighted by molar-refractivity contribution is 7.14. The molecular formula is C15H17N3OS. The van der Waals surface area contributed by atoms with Gasteiger partial charge >= 0.3 is 0 Å². The molecule has 20 heavy (non-hydrogen) atoms. The number of carbonyl (C=O) groups is 1. The molecule has 4 nitrogen and oxygen atoms in total. The second kappa shape index (κ2) is 4.57. The Balaban J connectivity index is 1.53.